The molecule has 2 aromatic carbocycles. The molecule has 25 heavy (non-hydrogen) atoms. The lowest BCUT2D eigenvalue weighted by Crippen LogP contribution is -2.25. The summed E-state index contributed by atoms with van der Waals surface area (Å²) in [5, 5.41) is 0. The molecule has 0 saturated heterocycles. The zero-order chi connectivity index (χ0) is 18.2. The molecule has 3 rings (SSSR count). The predicted molar refractivity (Wildman–Crippen MR) is 95.6 cm³/mol. The SMILES string of the molecule is Cc1cccc(/C=C2\Oc3cc(OC(=O)C(C)(C)C)ccc3C2=O)c1. The van der Waals surface area contributed by atoms with Crippen LogP contribution in [-0.4, -0.2) is 11.8 Å². The van der Waals surface area contributed by atoms with Gasteiger partial charge in [-0.15, -0.1) is 0 Å². The van der Waals surface area contributed by atoms with Crippen molar-refractivity contribution in [2.24, 2.45) is 5.41 Å². The molecule has 4 nitrogen and oxygen atoms in total. The Morgan fingerprint density at radius 1 is 1.12 bits per heavy atom. The second-order valence-corrected chi connectivity index (χ2v) is 7.15. The van der Waals surface area contributed by atoms with Crippen molar-refractivity contribution < 1.29 is 19.1 Å². The predicted octanol–water partition coefficient (Wildman–Crippen LogP) is 4.56. The maximum atomic E-state index is 12.5. The van der Waals surface area contributed by atoms with Crippen LogP contribution in [0.15, 0.2) is 48.2 Å². The number of benzene rings is 2. The Morgan fingerprint density at radius 3 is 2.56 bits per heavy atom. The summed E-state index contributed by atoms with van der Waals surface area (Å²) in [4.78, 5) is 24.5. The minimum atomic E-state index is -0.605. The fourth-order valence-corrected chi connectivity index (χ4v) is 2.40. The lowest BCUT2D eigenvalue weighted by Gasteiger charge is -2.16. The van der Waals surface area contributed by atoms with E-state index in [4.69, 9.17) is 9.47 Å². The fourth-order valence-electron chi connectivity index (χ4n) is 2.40. The van der Waals surface area contributed by atoms with Crippen molar-refractivity contribution in [1.29, 1.82) is 0 Å². The number of ketones is 1. The number of rotatable bonds is 2. The molecular formula is C21H20O4. The van der Waals surface area contributed by atoms with Crippen LogP contribution < -0.4 is 9.47 Å². The van der Waals surface area contributed by atoms with E-state index in [2.05, 4.69) is 0 Å². The zero-order valence-corrected chi connectivity index (χ0v) is 14.8. The molecule has 128 valence electrons. The summed E-state index contributed by atoms with van der Waals surface area (Å²) >= 11 is 0. The summed E-state index contributed by atoms with van der Waals surface area (Å²) in [6, 6.07) is 12.6. The standard InChI is InChI=1S/C21H20O4/c1-13-6-5-7-14(10-13)11-18-19(22)16-9-8-15(12-17(16)25-18)24-20(23)21(2,3)4/h5-12H,1-4H3/b18-11-. The number of aryl methyl sites for hydroxylation is 1. The molecule has 0 saturated carbocycles. The fraction of sp³-hybridized carbons (Fsp3) is 0.238. The largest absolute Gasteiger partial charge is 0.452 e. The van der Waals surface area contributed by atoms with E-state index in [1.807, 2.05) is 31.2 Å². The number of ether oxygens (including phenoxy) is 2. The summed E-state index contributed by atoms with van der Waals surface area (Å²) in [6.07, 6.45) is 1.72. The molecule has 0 fully saturated rings. The van der Waals surface area contributed by atoms with Crippen molar-refractivity contribution in [2.75, 3.05) is 0 Å². The molecule has 1 heterocycles. The third-order valence-corrected chi connectivity index (χ3v) is 3.80. The van der Waals surface area contributed by atoms with Gasteiger partial charge < -0.3 is 9.47 Å². The van der Waals surface area contributed by atoms with Crippen molar-refractivity contribution in [2.45, 2.75) is 27.7 Å². The molecule has 0 bridgehead atoms. The number of hydrogen-bond donors (Lipinski definition) is 0. The van der Waals surface area contributed by atoms with E-state index in [1.54, 1.807) is 45.0 Å². The van der Waals surface area contributed by atoms with Crippen LogP contribution in [0.5, 0.6) is 11.5 Å². The average Bonchev–Trinajstić information content (AvgIpc) is 2.82. The van der Waals surface area contributed by atoms with Crippen molar-refractivity contribution in [3.8, 4) is 11.5 Å². The van der Waals surface area contributed by atoms with Crippen molar-refractivity contribution in [3.63, 3.8) is 0 Å². The minimum Gasteiger partial charge on any atom is -0.452 e. The van der Waals surface area contributed by atoms with Crippen molar-refractivity contribution in [3.05, 3.63) is 64.9 Å². The highest BCUT2D eigenvalue weighted by molar-refractivity contribution is 6.14. The number of allylic oxidation sites excluding steroid dienone is 1. The van der Waals surface area contributed by atoms with Gasteiger partial charge in [-0.1, -0.05) is 29.8 Å². The molecule has 0 spiro atoms. The average molecular weight is 336 g/mol. The van der Waals surface area contributed by atoms with E-state index >= 15 is 0 Å². The molecule has 0 radical (unpaired) electrons. The van der Waals surface area contributed by atoms with Gasteiger partial charge in [-0.3, -0.25) is 9.59 Å². The Labute approximate surface area is 147 Å². The van der Waals surface area contributed by atoms with Crippen LogP contribution in [0.25, 0.3) is 6.08 Å². The molecule has 0 aromatic heterocycles. The maximum Gasteiger partial charge on any atom is 0.316 e. The van der Waals surface area contributed by atoms with E-state index in [9.17, 15) is 9.59 Å². The first kappa shape index (κ1) is 17.0. The summed E-state index contributed by atoms with van der Waals surface area (Å²) in [5.74, 6) is 0.517. The number of hydrogen-bond acceptors (Lipinski definition) is 4. The highest BCUT2D eigenvalue weighted by Crippen LogP contribution is 2.35. The van der Waals surface area contributed by atoms with E-state index in [0.717, 1.165) is 11.1 Å². The van der Waals surface area contributed by atoms with Crippen LogP contribution in [0.2, 0.25) is 0 Å². The Hall–Kier alpha value is -2.88. The van der Waals surface area contributed by atoms with Gasteiger partial charge in [0, 0.05) is 6.07 Å². The molecule has 1 aliphatic rings. The summed E-state index contributed by atoms with van der Waals surface area (Å²) < 4.78 is 11.0. The first-order valence-electron chi connectivity index (χ1n) is 8.11. The molecule has 0 aliphatic carbocycles. The molecule has 1 aliphatic heterocycles. The molecular weight excluding hydrogens is 316 g/mol. The van der Waals surface area contributed by atoms with Crippen LogP contribution in [0.4, 0.5) is 0 Å². The highest BCUT2D eigenvalue weighted by atomic mass is 16.5. The molecule has 4 heteroatoms. The van der Waals surface area contributed by atoms with Crippen LogP contribution >= 0.6 is 0 Å². The van der Waals surface area contributed by atoms with Gasteiger partial charge in [0.1, 0.15) is 11.5 Å². The molecule has 0 unspecified atom stereocenters. The summed E-state index contributed by atoms with van der Waals surface area (Å²) in [7, 11) is 0. The van der Waals surface area contributed by atoms with Crippen LogP contribution in [0.1, 0.15) is 42.3 Å². The first-order chi connectivity index (χ1) is 11.7. The lowest BCUT2D eigenvalue weighted by molar-refractivity contribution is -0.143. The topological polar surface area (TPSA) is 52.6 Å². The number of carbonyl (C=O) groups excluding carboxylic acids is 2. The van der Waals surface area contributed by atoms with Gasteiger partial charge in [-0.25, -0.2) is 0 Å². The van der Waals surface area contributed by atoms with Crippen LogP contribution in [0.3, 0.4) is 0 Å². The lowest BCUT2D eigenvalue weighted by atomic mass is 9.97. The smallest absolute Gasteiger partial charge is 0.316 e. The highest BCUT2D eigenvalue weighted by Gasteiger charge is 2.29. The third kappa shape index (κ3) is 3.63. The number of fused-ring (bicyclic) bond motifs is 1. The van der Waals surface area contributed by atoms with E-state index in [0.29, 0.717) is 17.1 Å². The van der Waals surface area contributed by atoms with Crippen LogP contribution in [-0.2, 0) is 4.79 Å². The van der Waals surface area contributed by atoms with Gasteiger partial charge in [0.15, 0.2) is 5.76 Å². The second-order valence-electron chi connectivity index (χ2n) is 7.15. The third-order valence-electron chi connectivity index (χ3n) is 3.80. The summed E-state index contributed by atoms with van der Waals surface area (Å²) in [5.41, 5.74) is 1.87. The summed E-state index contributed by atoms with van der Waals surface area (Å²) in [6.45, 7) is 7.34. The monoisotopic (exact) mass is 336 g/mol. The van der Waals surface area contributed by atoms with Gasteiger partial charge >= 0.3 is 5.97 Å². The number of carbonyl (C=O) groups is 2. The van der Waals surface area contributed by atoms with Gasteiger partial charge in [0.25, 0.3) is 0 Å². The van der Waals surface area contributed by atoms with Crippen molar-refractivity contribution in [1.82, 2.24) is 0 Å². The normalized spacial score (nSPS) is 15.0. The molecule has 0 amide bonds. The maximum absolute atomic E-state index is 12.5. The van der Waals surface area contributed by atoms with E-state index in [1.165, 1.54) is 0 Å². The molecule has 0 N–H and O–H groups in total. The minimum absolute atomic E-state index is 0.176. The van der Waals surface area contributed by atoms with Gasteiger partial charge in [0.05, 0.1) is 11.0 Å². The van der Waals surface area contributed by atoms with E-state index < -0.39 is 5.41 Å². The van der Waals surface area contributed by atoms with Crippen LogP contribution in [0, 0.1) is 12.3 Å². The zero-order valence-electron chi connectivity index (χ0n) is 14.8. The Morgan fingerprint density at radius 2 is 1.88 bits per heavy atom. The van der Waals surface area contributed by atoms with Crippen molar-refractivity contribution >= 4 is 17.8 Å². The number of Topliss-reactive ketones (excluding diaryl/α,β-unsaturated/α-hetero) is 1. The first-order valence-corrected chi connectivity index (χ1v) is 8.11. The van der Waals surface area contributed by atoms with Gasteiger partial charge in [-0.05, 0) is 51.5 Å². The van der Waals surface area contributed by atoms with Gasteiger partial charge in [0.2, 0.25) is 5.78 Å². The molecule has 2 aromatic rings. The Kier molecular flexibility index (Phi) is 4.21. The Balaban J connectivity index is 1.85. The van der Waals surface area contributed by atoms with Gasteiger partial charge in [-0.2, -0.15) is 0 Å². The quantitative estimate of drug-likeness (QED) is 0.458. The Bertz CT molecular complexity index is 885. The van der Waals surface area contributed by atoms with E-state index in [-0.39, 0.29) is 17.5 Å². The molecule has 0 atom stereocenters. The number of esters is 1. The second kappa shape index (κ2) is 6.20.